The van der Waals surface area contributed by atoms with Gasteiger partial charge in [0, 0.05) is 54.4 Å². The average molecular weight is 595 g/mol. The van der Waals surface area contributed by atoms with E-state index in [0.29, 0.717) is 0 Å². The van der Waals surface area contributed by atoms with Crippen LogP contribution in [0.25, 0.3) is 43.6 Å². The molecule has 0 amide bonds. The van der Waals surface area contributed by atoms with Crippen LogP contribution < -0.4 is 0 Å². The molecule has 0 fully saturated rings. The first kappa shape index (κ1) is 28.2. The predicted octanol–water partition coefficient (Wildman–Crippen LogP) is 11.6. The summed E-state index contributed by atoms with van der Waals surface area (Å²) in [7, 11) is 0. The fourth-order valence-corrected chi connectivity index (χ4v) is 8.17. The second kappa shape index (κ2) is 10.6. The Morgan fingerprint density at radius 3 is 1.17 bits per heavy atom. The first-order valence-corrected chi connectivity index (χ1v) is 16.3. The molecule has 46 heavy (non-hydrogen) atoms. The number of para-hydroxylation sites is 2. The van der Waals surface area contributed by atoms with E-state index in [1.54, 1.807) is 0 Å². The molecule has 0 aliphatic heterocycles. The van der Waals surface area contributed by atoms with Gasteiger partial charge in [0.25, 0.3) is 0 Å². The van der Waals surface area contributed by atoms with Crippen molar-refractivity contribution in [3.05, 3.63) is 179 Å². The molecule has 9 rings (SSSR count). The highest BCUT2D eigenvalue weighted by Gasteiger charge is 2.50. The van der Waals surface area contributed by atoms with Crippen LogP contribution in [0.3, 0.4) is 0 Å². The van der Waals surface area contributed by atoms with Crippen LogP contribution in [0.5, 0.6) is 0 Å². The van der Waals surface area contributed by atoms with E-state index >= 15 is 0 Å². The molecule has 2 nitrogen and oxygen atoms in total. The average Bonchev–Trinajstić information content (AvgIpc) is 3.69. The summed E-state index contributed by atoms with van der Waals surface area (Å²) in [6.07, 6.45) is 4.00. The molecular formula is C44H38N2. The Labute approximate surface area is 270 Å². The van der Waals surface area contributed by atoms with Crippen molar-refractivity contribution in [1.82, 2.24) is 9.97 Å². The normalized spacial score (nSPS) is 19.0. The van der Waals surface area contributed by atoms with Crippen LogP contribution in [0.1, 0.15) is 61.1 Å². The number of aromatic amines is 2. The van der Waals surface area contributed by atoms with Crippen molar-refractivity contribution in [2.45, 2.75) is 38.5 Å². The zero-order valence-electron chi connectivity index (χ0n) is 26.9. The largest absolute Gasteiger partial charge is 0.355 e. The van der Waals surface area contributed by atoms with Crippen molar-refractivity contribution in [2.75, 3.05) is 0 Å². The van der Waals surface area contributed by atoms with Gasteiger partial charge < -0.3 is 9.97 Å². The zero-order chi connectivity index (χ0) is 31.5. The molecule has 2 N–H and O–H groups in total. The Hall–Kier alpha value is -5.34. The first-order valence-electron chi connectivity index (χ1n) is 16.3. The standard InChI is InChI=1S/C40H30N2.C4H8/c1-39(25-13-5-3-6-14-25)29-21-23-34-36(28-18-10-12-20-32(28)42-34)38(29)40(2,26-15-7-4-8-16-26)30-22-24-33-35(37(30)39)27-17-9-11-19-31(27)41-33;1-3-4-2/h3-24,41-42H,1-2H3;3-4H,1-2H3/b;4-3-. The minimum absolute atomic E-state index is 0.392. The number of H-pyrrole nitrogens is 2. The molecule has 8 aromatic rings. The smallest absolute Gasteiger partial charge is 0.0468 e. The minimum atomic E-state index is -0.392. The fourth-order valence-electron chi connectivity index (χ4n) is 8.17. The Kier molecular flexibility index (Phi) is 6.51. The second-order valence-electron chi connectivity index (χ2n) is 12.8. The lowest BCUT2D eigenvalue weighted by molar-refractivity contribution is 0.577. The minimum Gasteiger partial charge on any atom is -0.355 e. The number of nitrogens with one attached hydrogen (secondary N) is 2. The Morgan fingerprint density at radius 1 is 0.413 bits per heavy atom. The first-order chi connectivity index (χ1) is 22.5. The summed E-state index contributed by atoms with van der Waals surface area (Å²) in [6, 6.07) is 49.2. The van der Waals surface area contributed by atoms with Crippen LogP contribution in [-0.4, -0.2) is 9.97 Å². The second-order valence-corrected chi connectivity index (χ2v) is 12.8. The molecule has 0 bridgehead atoms. The van der Waals surface area contributed by atoms with Gasteiger partial charge in [-0.25, -0.2) is 0 Å². The van der Waals surface area contributed by atoms with Crippen LogP contribution in [0.2, 0.25) is 0 Å². The summed E-state index contributed by atoms with van der Waals surface area (Å²) in [5.74, 6) is 0. The predicted molar refractivity (Wildman–Crippen MR) is 196 cm³/mol. The lowest BCUT2D eigenvalue weighted by Crippen LogP contribution is -2.41. The third-order valence-corrected chi connectivity index (χ3v) is 10.5. The highest BCUT2D eigenvalue weighted by Crippen LogP contribution is 2.59. The van der Waals surface area contributed by atoms with Gasteiger partial charge in [0.1, 0.15) is 0 Å². The van der Waals surface area contributed by atoms with Crippen molar-refractivity contribution >= 4 is 43.6 Å². The van der Waals surface area contributed by atoms with E-state index in [0.717, 1.165) is 0 Å². The molecular weight excluding hydrogens is 556 g/mol. The van der Waals surface area contributed by atoms with Crippen molar-refractivity contribution < 1.29 is 0 Å². The van der Waals surface area contributed by atoms with Gasteiger partial charge in [-0.05, 0) is 85.3 Å². The van der Waals surface area contributed by atoms with Crippen molar-refractivity contribution in [2.24, 2.45) is 0 Å². The molecule has 224 valence electrons. The maximum absolute atomic E-state index is 3.75. The Balaban J connectivity index is 0.000000740. The van der Waals surface area contributed by atoms with E-state index in [4.69, 9.17) is 0 Å². The zero-order valence-corrected chi connectivity index (χ0v) is 26.9. The quantitative estimate of drug-likeness (QED) is 0.187. The Bertz CT molecular complexity index is 2240. The van der Waals surface area contributed by atoms with Crippen LogP contribution >= 0.6 is 0 Å². The number of hydrogen-bond donors (Lipinski definition) is 2. The fraction of sp³-hybridized carbons (Fsp3) is 0.136. The third kappa shape index (κ3) is 3.83. The monoisotopic (exact) mass is 594 g/mol. The molecule has 0 spiro atoms. The van der Waals surface area contributed by atoms with E-state index in [1.165, 1.54) is 77.0 Å². The molecule has 0 radical (unpaired) electrons. The lowest BCUT2D eigenvalue weighted by Gasteiger charge is -2.48. The maximum Gasteiger partial charge on any atom is 0.0468 e. The number of benzene rings is 6. The molecule has 2 heterocycles. The summed E-state index contributed by atoms with van der Waals surface area (Å²) in [6.45, 7) is 8.90. The van der Waals surface area contributed by atoms with Crippen LogP contribution in [0.15, 0.2) is 146 Å². The van der Waals surface area contributed by atoms with Gasteiger partial charge in [-0.2, -0.15) is 0 Å². The number of rotatable bonds is 2. The third-order valence-electron chi connectivity index (χ3n) is 10.5. The summed E-state index contributed by atoms with van der Waals surface area (Å²) >= 11 is 0. The van der Waals surface area contributed by atoms with E-state index < -0.39 is 10.8 Å². The van der Waals surface area contributed by atoms with Crippen molar-refractivity contribution in [3.63, 3.8) is 0 Å². The highest BCUT2D eigenvalue weighted by atomic mass is 14.7. The molecule has 2 heteroatoms. The molecule has 1 aliphatic rings. The molecule has 2 aromatic heterocycles. The van der Waals surface area contributed by atoms with Gasteiger partial charge >= 0.3 is 0 Å². The molecule has 0 saturated carbocycles. The molecule has 2 atom stereocenters. The number of fused-ring (bicyclic) bond motifs is 10. The summed E-state index contributed by atoms with van der Waals surface area (Å²) in [5, 5.41) is 5.19. The van der Waals surface area contributed by atoms with E-state index in [9.17, 15) is 0 Å². The van der Waals surface area contributed by atoms with Crippen LogP contribution in [0, 0.1) is 0 Å². The molecule has 6 aromatic carbocycles. The van der Waals surface area contributed by atoms with Gasteiger partial charge in [0.05, 0.1) is 0 Å². The summed E-state index contributed by atoms with van der Waals surface area (Å²) < 4.78 is 0. The SMILES string of the molecule is C/C=C\C.CC1(c2ccccc2)c2ccc3[nH]c4ccccc4c3c2C(C)(c2ccccc2)c2ccc3[nH]c4ccccc4c3c21. The summed E-state index contributed by atoms with van der Waals surface area (Å²) in [5.41, 5.74) is 12.1. The molecule has 1 aliphatic carbocycles. The molecule has 0 saturated heterocycles. The Morgan fingerprint density at radius 2 is 0.783 bits per heavy atom. The maximum atomic E-state index is 3.75. The highest BCUT2D eigenvalue weighted by molar-refractivity contribution is 6.13. The number of hydrogen-bond acceptors (Lipinski definition) is 0. The van der Waals surface area contributed by atoms with Gasteiger partial charge in [-0.15, -0.1) is 0 Å². The van der Waals surface area contributed by atoms with Crippen LogP contribution in [0.4, 0.5) is 0 Å². The van der Waals surface area contributed by atoms with Crippen LogP contribution in [-0.2, 0) is 10.8 Å². The summed E-state index contributed by atoms with van der Waals surface area (Å²) in [4.78, 5) is 7.51. The van der Waals surface area contributed by atoms with E-state index in [-0.39, 0.29) is 0 Å². The lowest BCUT2D eigenvalue weighted by atomic mass is 9.54. The van der Waals surface area contributed by atoms with Crippen molar-refractivity contribution in [3.8, 4) is 0 Å². The van der Waals surface area contributed by atoms with E-state index in [2.05, 4.69) is 157 Å². The van der Waals surface area contributed by atoms with Crippen molar-refractivity contribution in [1.29, 1.82) is 0 Å². The van der Waals surface area contributed by atoms with Gasteiger partial charge in [0.15, 0.2) is 0 Å². The van der Waals surface area contributed by atoms with Gasteiger partial charge in [-0.3, -0.25) is 0 Å². The van der Waals surface area contributed by atoms with E-state index in [1.807, 2.05) is 26.0 Å². The molecule has 2 unspecified atom stereocenters. The number of aromatic nitrogens is 2. The van der Waals surface area contributed by atoms with Gasteiger partial charge in [0.2, 0.25) is 0 Å². The number of allylic oxidation sites excluding steroid dienone is 2. The topological polar surface area (TPSA) is 31.6 Å². The van der Waals surface area contributed by atoms with Gasteiger partial charge in [-0.1, -0.05) is 121 Å².